The topological polar surface area (TPSA) is 54.2 Å². The van der Waals surface area contributed by atoms with Gasteiger partial charge in [-0.05, 0) is 61.7 Å². The lowest BCUT2D eigenvalue weighted by atomic mass is 9.94. The van der Waals surface area contributed by atoms with Crippen molar-refractivity contribution in [1.82, 2.24) is 19.7 Å². The zero-order valence-electron chi connectivity index (χ0n) is 16.7. The number of benzene rings is 2. The third-order valence-corrected chi connectivity index (χ3v) is 5.23. The molecule has 5 nitrogen and oxygen atoms in total. The van der Waals surface area contributed by atoms with Gasteiger partial charge >= 0.3 is 0 Å². The molecular formula is C22H28N4O. The van der Waals surface area contributed by atoms with Crippen LogP contribution >= 0.6 is 0 Å². The minimum Gasteiger partial charge on any atom is -0.508 e. The van der Waals surface area contributed by atoms with E-state index in [0.717, 1.165) is 16.8 Å². The molecule has 3 rings (SSSR count). The SMILES string of the molecule is Cc1cc(O)c(CN(C)[C@H](C)c2ccc(-n3cncn3)cc2)cc1C(C)C. The molecule has 1 atom stereocenters. The van der Waals surface area contributed by atoms with Gasteiger partial charge in [-0.1, -0.05) is 32.0 Å². The van der Waals surface area contributed by atoms with E-state index >= 15 is 0 Å². The first-order valence-corrected chi connectivity index (χ1v) is 9.34. The first-order chi connectivity index (χ1) is 12.9. The Morgan fingerprint density at radius 1 is 1.11 bits per heavy atom. The summed E-state index contributed by atoms with van der Waals surface area (Å²) in [5, 5.41) is 14.6. The Hall–Kier alpha value is -2.66. The summed E-state index contributed by atoms with van der Waals surface area (Å²) >= 11 is 0. The summed E-state index contributed by atoms with van der Waals surface area (Å²) in [6.07, 6.45) is 3.22. The molecule has 0 saturated heterocycles. The second-order valence-electron chi connectivity index (χ2n) is 7.51. The molecule has 142 valence electrons. The van der Waals surface area contributed by atoms with E-state index in [1.807, 2.05) is 6.07 Å². The summed E-state index contributed by atoms with van der Waals surface area (Å²) in [7, 11) is 2.09. The quantitative estimate of drug-likeness (QED) is 0.695. The van der Waals surface area contributed by atoms with E-state index in [2.05, 4.69) is 80.1 Å². The van der Waals surface area contributed by atoms with Crippen molar-refractivity contribution in [1.29, 1.82) is 0 Å². The van der Waals surface area contributed by atoms with Gasteiger partial charge < -0.3 is 5.11 Å². The summed E-state index contributed by atoms with van der Waals surface area (Å²) < 4.78 is 1.75. The zero-order chi connectivity index (χ0) is 19.6. The molecule has 0 amide bonds. The van der Waals surface area contributed by atoms with Gasteiger partial charge in [0.1, 0.15) is 18.4 Å². The number of phenols is 1. The molecule has 27 heavy (non-hydrogen) atoms. The zero-order valence-corrected chi connectivity index (χ0v) is 16.7. The minimum atomic E-state index is 0.220. The highest BCUT2D eigenvalue weighted by Gasteiger charge is 2.16. The largest absolute Gasteiger partial charge is 0.508 e. The van der Waals surface area contributed by atoms with Crippen LogP contribution in [0.25, 0.3) is 5.69 Å². The molecule has 2 aromatic carbocycles. The van der Waals surface area contributed by atoms with Crippen molar-refractivity contribution in [3.63, 3.8) is 0 Å². The second kappa shape index (κ2) is 7.92. The summed E-state index contributed by atoms with van der Waals surface area (Å²) in [4.78, 5) is 6.23. The van der Waals surface area contributed by atoms with E-state index in [9.17, 15) is 5.11 Å². The summed E-state index contributed by atoms with van der Waals surface area (Å²) in [5.74, 6) is 0.814. The lowest BCUT2D eigenvalue weighted by Gasteiger charge is -2.26. The molecule has 0 aliphatic rings. The van der Waals surface area contributed by atoms with Crippen molar-refractivity contribution >= 4 is 0 Å². The minimum absolute atomic E-state index is 0.220. The van der Waals surface area contributed by atoms with Crippen molar-refractivity contribution < 1.29 is 5.11 Å². The molecule has 1 N–H and O–H groups in total. The normalized spacial score (nSPS) is 12.7. The van der Waals surface area contributed by atoms with Crippen molar-refractivity contribution in [2.24, 2.45) is 0 Å². The van der Waals surface area contributed by atoms with E-state index in [4.69, 9.17) is 0 Å². The van der Waals surface area contributed by atoms with Crippen molar-refractivity contribution in [3.05, 3.63) is 71.3 Å². The number of rotatable bonds is 6. The molecule has 0 saturated carbocycles. The maximum Gasteiger partial charge on any atom is 0.138 e. The van der Waals surface area contributed by atoms with E-state index in [0.29, 0.717) is 18.2 Å². The molecule has 1 aromatic heterocycles. The van der Waals surface area contributed by atoms with Crippen LogP contribution < -0.4 is 0 Å². The van der Waals surface area contributed by atoms with E-state index in [1.165, 1.54) is 17.5 Å². The first kappa shape index (κ1) is 19.1. The summed E-state index contributed by atoms with van der Waals surface area (Å²) in [6, 6.07) is 12.6. The van der Waals surface area contributed by atoms with Gasteiger partial charge in [-0.15, -0.1) is 0 Å². The molecule has 0 spiro atoms. The van der Waals surface area contributed by atoms with Gasteiger partial charge in [0, 0.05) is 18.2 Å². The number of nitrogens with zero attached hydrogens (tertiary/aromatic N) is 4. The molecule has 0 aliphatic heterocycles. The second-order valence-corrected chi connectivity index (χ2v) is 7.51. The smallest absolute Gasteiger partial charge is 0.138 e. The molecule has 0 unspecified atom stereocenters. The predicted molar refractivity (Wildman–Crippen MR) is 108 cm³/mol. The van der Waals surface area contributed by atoms with Crippen molar-refractivity contribution in [2.45, 2.75) is 46.2 Å². The van der Waals surface area contributed by atoms with Gasteiger partial charge in [-0.3, -0.25) is 4.90 Å². The molecule has 1 heterocycles. The van der Waals surface area contributed by atoms with Gasteiger partial charge in [0.05, 0.1) is 5.69 Å². The Kier molecular flexibility index (Phi) is 5.61. The number of hydrogen-bond donors (Lipinski definition) is 1. The average molecular weight is 364 g/mol. The predicted octanol–water partition coefficient (Wildman–Crippen LogP) is 4.60. The highest BCUT2D eigenvalue weighted by Crippen LogP contribution is 2.30. The van der Waals surface area contributed by atoms with Crippen LogP contribution in [0.15, 0.2) is 49.1 Å². The lowest BCUT2D eigenvalue weighted by molar-refractivity contribution is 0.249. The Bertz CT molecular complexity index is 885. The number of aromatic hydroxyl groups is 1. The maximum atomic E-state index is 10.4. The standard InChI is InChI=1S/C22H28N4O/c1-15(2)21-11-19(22(27)10-16(21)3)12-25(5)17(4)18-6-8-20(9-7-18)26-14-23-13-24-26/h6-11,13-15,17,27H,12H2,1-5H3/t17-/m1/s1. The van der Waals surface area contributed by atoms with Gasteiger partial charge in [0.15, 0.2) is 0 Å². The van der Waals surface area contributed by atoms with Crippen LogP contribution in [-0.4, -0.2) is 31.8 Å². The number of aromatic nitrogens is 3. The molecule has 0 bridgehead atoms. The monoisotopic (exact) mass is 364 g/mol. The van der Waals surface area contributed by atoms with Crippen LogP contribution in [-0.2, 0) is 6.54 Å². The fourth-order valence-corrected chi connectivity index (χ4v) is 3.41. The Morgan fingerprint density at radius 3 is 2.41 bits per heavy atom. The van der Waals surface area contributed by atoms with Gasteiger partial charge in [-0.2, -0.15) is 5.10 Å². The molecular weight excluding hydrogens is 336 g/mol. The van der Waals surface area contributed by atoms with Gasteiger partial charge in [-0.25, -0.2) is 9.67 Å². The van der Waals surface area contributed by atoms with Crippen LogP contribution in [0.3, 0.4) is 0 Å². The maximum absolute atomic E-state index is 10.4. The van der Waals surface area contributed by atoms with Crippen molar-refractivity contribution in [3.8, 4) is 11.4 Å². The number of aryl methyl sites for hydroxylation is 1. The van der Waals surface area contributed by atoms with Gasteiger partial charge in [0.2, 0.25) is 0 Å². The molecule has 5 heteroatoms. The molecule has 0 fully saturated rings. The Balaban J connectivity index is 1.76. The Morgan fingerprint density at radius 2 is 1.81 bits per heavy atom. The summed E-state index contributed by atoms with van der Waals surface area (Å²) in [5.41, 5.74) is 5.62. The van der Waals surface area contributed by atoms with Crippen molar-refractivity contribution in [2.75, 3.05) is 7.05 Å². The van der Waals surface area contributed by atoms with Crippen LogP contribution in [0.5, 0.6) is 5.75 Å². The van der Waals surface area contributed by atoms with Crippen LogP contribution in [0, 0.1) is 6.92 Å². The average Bonchev–Trinajstić information content (AvgIpc) is 3.17. The summed E-state index contributed by atoms with van der Waals surface area (Å²) in [6.45, 7) is 9.30. The fourth-order valence-electron chi connectivity index (χ4n) is 3.41. The fraction of sp³-hybridized carbons (Fsp3) is 0.364. The highest BCUT2D eigenvalue weighted by molar-refractivity contribution is 5.43. The van der Waals surface area contributed by atoms with Crippen LogP contribution in [0.2, 0.25) is 0 Å². The molecule has 0 aliphatic carbocycles. The first-order valence-electron chi connectivity index (χ1n) is 9.34. The van der Waals surface area contributed by atoms with Crippen LogP contribution in [0.1, 0.15) is 55.0 Å². The Labute approximate surface area is 161 Å². The van der Waals surface area contributed by atoms with Crippen LogP contribution in [0.4, 0.5) is 0 Å². The van der Waals surface area contributed by atoms with E-state index in [1.54, 1.807) is 11.0 Å². The lowest BCUT2D eigenvalue weighted by Crippen LogP contribution is -2.22. The number of phenolic OH excluding ortho intramolecular Hbond substituents is 1. The van der Waals surface area contributed by atoms with E-state index < -0.39 is 0 Å². The molecule has 0 radical (unpaired) electrons. The third kappa shape index (κ3) is 4.19. The highest BCUT2D eigenvalue weighted by atomic mass is 16.3. The molecule has 3 aromatic rings. The number of hydrogen-bond acceptors (Lipinski definition) is 4. The third-order valence-electron chi connectivity index (χ3n) is 5.23. The van der Waals surface area contributed by atoms with Gasteiger partial charge in [0.25, 0.3) is 0 Å². The van der Waals surface area contributed by atoms with E-state index in [-0.39, 0.29) is 6.04 Å².